The second-order valence-electron chi connectivity index (χ2n) is 7.02. The summed E-state index contributed by atoms with van der Waals surface area (Å²) in [6, 6.07) is 26.0. The van der Waals surface area contributed by atoms with Gasteiger partial charge in [0.05, 0.1) is 15.9 Å². The van der Waals surface area contributed by atoms with Gasteiger partial charge in [0, 0.05) is 22.0 Å². The fraction of sp³-hybridized carbons (Fsp3) is 0.0400. The summed E-state index contributed by atoms with van der Waals surface area (Å²) in [5, 5.41) is 12.4. The molecule has 1 aromatic heterocycles. The minimum Gasteiger partial charge on any atom is -0.507 e. The van der Waals surface area contributed by atoms with Crippen LogP contribution in [0.15, 0.2) is 92.7 Å². The zero-order valence-electron chi connectivity index (χ0n) is 16.3. The molecular weight excluding hydrogens is 488 g/mol. The number of hydrogen-bond acceptors (Lipinski definition) is 5. The number of nitrogens with zero attached hydrogens (tertiary/aromatic N) is 2. The third-order valence-electron chi connectivity index (χ3n) is 4.92. The van der Waals surface area contributed by atoms with Crippen molar-refractivity contribution in [2.24, 2.45) is 4.99 Å². The Morgan fingerprint density at radius 3 is 2.71 bits per heavy atom. The van der Waals surface area contributed by atoms with Crippen LogP contribution in [0, 0.1) is 0 Å². The number of benzene rings is 4. The molecule has 0 aliphatic heterocycles. The summed E-state index contributed by atoms with van der Waals surface area (Å²) in [6.45, 7) is 0. The van der Waals surface area contributed by atoms with Crippen LogP contribution in [0.3, 0.4) is 0 Å². The molecule has 1 heterocycles. The lowest BCUT2D eigenvalue weighted by Crippen LogP contribution is -1.85. The van der Waals surface area contributed by atoms with Gasteiger partial charge in [0.25, 0.3) is 0 Å². The molecule has 0 amide bonds. The molecule has 5 aromatic rings. The number of phenols is 1. The van der Waals surface area contributed by atoms with E-state index in [-0.39, 0.29) is 5.75 Å². The van der Waals surface area contributed by atoms with E-state index in [0.29, 0.717) is 0 Å². The number of phenolic OH excluding ortho intramolecular Hbond substituents is 1. The van der Waals surface area contributed by atoms with Crippen LogP contribution in [0.25, 0.3) is 21.0 Å². The highest BCUT2D eigenvalue weighted by atomic mass is 79.9. The monoisotopic (exact) mass is 504 g/mol. The molecule has 0 aliphatic rings. The van der Waals surface area contributed by atoms with Gasteiger partial charge in [0.2, 0.25) is 0 Å². The summed E-state index contributed by atoms with van der Waals surface area (Å²) in [4.78, 5) is 9.37. The topological polar surface area (TPSA) is 45.5 Å². The van der Waals surface area contributed by atoms with Crippen molar-refractivity contribution >= 4 is 71.9 Å². The predicted molar refractivity (Wildman–Crippen MR) is 136 cm³/mol. The second-order valence-corrected chi connectivity index (χ2v) is 10.2. The van der Waals surface area contributed by atoms with Crippen molar-refractivity contribution in [2.75, 3.05) is 0 Å². The van der Waals surface area contributed by atoms with Gasteiger partial charge in [-0.05, 0) is 52.7 Å². The first-order chi connectivity index (χ1) is 15.2. The molecule has 0 aliphatic carbocycles. The molecule has 0 bridgehead atoms. The molecule has 4 aromatic carbocycles. The Labute approximate surface area is 196 Å². The molecule has 0 atom stereocenters. The van der Waals surface area contributed by atoms with E-state index in [2.05, 4.69) is 51.3 Å². The lowest BCUT2D eigenvalue weighted by atomic mass is 10.0. The maximum Gasteiger partial charge on any atom is 0.151 e. The number of aromatic hydroxyl groups is 1. The highest BCUT2D eigenvalue weighted by Crippen LogP contribution is 2.34. The van der Waals surface area contributed by atoms with E-state index in [1.54, 1.807) is 35.4 Å². The normalized spacial score (nSPS) is 11.6. The summed E-state index contributed by atoms with van der Waals surface area (Å²) in [5.74, 6) is 1.12. The third-order valence-corrected chi connectivity index (χ3v) is 7.68. The molecule has 6 heteroatoms. The molecule has 0 radical (unpaired) electrons. The van der Waals surface area contributed by atoms with Gasteiger partial charge in [-0.15, -0.1) is 11.3 Å². The largest absolute Gasteiger partial charge is 0.507 e. The number of aromatic nitrogens is 1. The predicted octanol–water partition coefficient (Wildman–Crippen LogP) is 7.96. The van der Waals surface area contributed by atoms with Gasteiger partial charge in [-0.3, -0.25) is 4.99 Å². The van der Waals surface area contributed by atoms with Crippen LogP contribution in [0.5, 0.6) is 5.75 Å². The molecule has 0 saturated heterocycles. The van der Waals surface area contributed by atoms with Crippen LogP contribution in [0.4, 0.5) is 5.69 Å². The van der Waals surface area contributed by atoms with Gasteiger partial charge in [0.1, 0.15) is 5.75 Å². The number of hydrogen-bond donors (Lipinski definition) is 1. The lowest BCUT2D eigenvalue weighted by molar-refractivity contribution is 0.475. The molecule has 0 unspecified atom stereocenters. The molecule has 5 rings (SSSR count). The van der Waals surface area contributed by atoms with Crippen molar-refractivity contribution in [3.8, 4) is 5.75 Å². The van der Waals surface area contributed by atoms with Gasteiger partial charge in [0.15, 0.2) is 4.34 Å². The van der Waals surface area contributed by atoms with E-state index in [4.69, 9.17) is 4.98 Å². The van der Waals surface area contributed by atoms with Crippen molar-refractivity contribution in [2.45, 2.75) is 10.1 Å². The summed E-state index contributed by atoms with van der Waals surface area (Å²) in [7, 11) is 0. The van der Waals surface area contributed by atoms with E-state index in [1.165, 1.54) is 5.56 Å². The number of halogens is 1. The Hall–Kier alpha value is -2.67. The van der Waals surface area contributed by atoms with Gasteiger partial charge in [-0.1, -0.05) is 70.2 Å². The molecule has 3 nitrogen and oxygen atoms in total. The van der Waals surface area contributed by atoms with Crippen LogP contribution in [-0.4, -0.2) is 16.3 Å². The standard InChI is InChI=1S/C25H17BrN2OS2/c26-18-8-5-16(6-9-18)15-30-25-28-22-11-10-19(13-24(22)31-25)27-14-21-20-4-2-1-3-17(20)7-12-23(21)29/h1-14,29H,15H2. The van der Waals surface area contributed by atoms with Crippen LogP contribution >= 0.6 is 39.0 Å². The fourth-order valence-electron chi connectivity index (χ4n) is 3.32. The van der Waals surface area contributed by atoms with Crippen LogP contribution < -0.4 is 0 Å². The average Bonchev–Trinajstić information content (AvgIpc) is 3.20. The smallest absolute Gasteiger partial charge is 0.151 e. The minimum atomic E-state index is 0.230. The molecule has 0 spiro atoms. The van der Waals surface area contributed by atoms with E-state index in [0.717, 1.165) is 46.8 Å². The Morgan fingerprint density at radius 2 is 1.84 bits per heavy atom. The van der Waals surface area contributed by atoms with Crippen LogP contribution in [0.1, 0.15) is 11.1 Å². The number of thioether (sulfide) groups is 1. The van der Waals surface area contributed by atoms with E-state index in [9.17, 15) is 5.11 Å². The first-order valence-corrected chi connectivity index (χ1v) is 12.3. The maximum absolute atomic E-state index is 10.3. The Morgan fingerprint density at radius 1 is 1.00 bits per heavy atom. The van der Waals surface area contributed by atoms with Crippen LogP contribution in [0.2, 0.25) is 0 Å². The van der Waals surface area contributed by atoms with Crippen molar-refractivity contribution in [1.29, 1.82) is 0 Å². The Bertz CT molecular complexity index is 1410. The van der Waals surface area contributed by atoms with E-state index >= 15 is 0 Å². The number of thiazole rings is 1. The van der Waals surface area contributed by atoms with Crippen molar-refractivity contribution in [1.82, 2.24) is 4.98 Å². The fourth-order valence-corrected chi connectivity index (χ4v) is 5.64. The quantitative estimate of drug-likeness (QED) is 0.195. The molecule has 1 N–H and O–H groups in total. The van der Waals surface area contributed by atoms with Crippen molar-refractivity contribution < 1.29 is 5.11 Å². The molecule has 152 valence electrons. The molecular formula is C25H17BrN2OS2. The molecule has 0 fully saturated rings. The van der Waals surface area contributed by atoms with Gasteiger partial charge < -0.3 is 5.11 Å². The summed E-state index contributed by atoms with van der Waals surface area (Å²) >= 11 is 6.90. The lowest BCUT2D eigenvalue weighted by Gasteiger charge is -2.04. The van der Waals surface area contributed by atoms with Crippen molar-refractivity contribution in [3.05, 3.63) is 94.5 Å². The Balaban J connectivity index is 1.38. The SMILES string of the molecule is Oc1ccc2ccccc2c1C=Nc1ccc2nc(SCc3ccc(Br)cc3)sc2c1. The zero-order chi connectivity index (χ0) is 21.2. The molecule has 0 saturated carbocycles. The van der Waals surface area contributed by atoms with E-state index < -0.39 is 0 Å². The zero-order valence-corrected chi connectivity index (χ0v) is 19.5. The second kappa shape index (κ2) is 8.83. The van der Waals surface area contributed by atoms with E-state index in [1.807, 2.05) is 42.5 Å². The van der Waals surface area contributed by atoms with Gasteiger partial charge in [-0.2, -0.15) is 0 Å². The highest BCUT2D eigenvalue weighted by Gasteiger charge is 2.07. The third kappa shape index (κ3) is 4.51. The van der Waals surface area contributed by atoms with Gasteiger partial charge in [-0.25, -0.2) is 4.98 Å². The highest BCUT2D eigenvalue weighted by molar-refractivity contribution is 9.10. The number of aliphatic imine (C=N–C) groups is 1. The molecule has 31 heavy (non-hydrogen) atoms. The van der Waals surface area contributed by atoms with Gasteiger partial charge >= 0.3 is 0 Å². The number of fused-ring (bicyclic) bond motifs is 2. The first-order valence-electron chi connectivity index (χ1n) is 9.68. The minimum absolute atomic E-state index is 0.230. The summed E-state index contributed by atoms with van der Waals surface area (Å²) < 4.78 is 3.24. The van der Waals surface area contributed by atoms with Crippen LogP contribution in [-0.2, 0) is 5.75 Å². The Kier molecular flexibility index (Phi) is 5.76. The maximum atomic E-state index is 10.3. The summed E-state index contributed by atoms with van der Waals surface area (Å²) in [5.41, 5.74) is 3.82. The summed E-state index contributed by atoms with van der Waals surface area (Å²) in [6.07, 6.45) is 1.74. The van der Waals surface area contributed by atoms with Crippen molar-refractivity contribution in [3.63, 3.8) is 0 Å². The first kappa shape index (κ1) is 20.2. The number of rotatable bonds is 5. The average molecular weight is 505 g/mol.